The van der Waals surface area contributed by atoms with Gasteiger partial charge in [0.1, 0.15) is 0 Å². The van der Waals surface area contributed by atoms with E-state index in [0.717, 1.165) is 11.1 Å². The number of nitrogens with zero attached hydrogens (tertiary/aromatic N) is 1. The van der Waals surface area contributed by atoms with Crippen LogP contribution < -0.4 is 4.31 Å². The molecule has 0 fully saturated rings. The molecule has 2 aromatic carbocycles. The van der Waals surface area contributed by atoms with Crippen LogP contribution >= 0.6 is 0 Å². The zero-order valence-electron chi connectivity index (χ0n) is 13.0. The van der Waals surface area contributed by atoms with Gasteiger partial charge in [-0.15, -0.1) is 0 Å². The van der Waals surface area contributed by atoms with Gasteiger partial charge in [-0.05, 0) is 56.2 Å². The first kappa shape index (κ1) is 16.5. The minimum atomic E-state index is -3.72. The fourth-order valence-electron chi connectivity index (χ4n) is 2.18. The largest absolute Gasteiger partial charge is 0.392 e. The Kier molecular flexibility index (Phi) is 4.88. The van der Waals surface area contributed by atoms with Crippen molar-refractivity contribution in [1.82, 2.24) is 0 Å². The van der Waals surface area contributed by atoms with E-state index in [2.05, 4.69) is 0 Å². The van der Waals surface area contributed by atoms with E-state index in [1.807, 2.05) is 19.9 Å². The van der Waals surface area contributed by atoms with Gasteiger partial charge in [0.15, 0.2) is 0 Å². The van der Waals surface area contributed by atoms with Crippen LogP contribution in [0.1, 0.15) is 18.1 Å². The first-order valence-corrected chi connectivity index (χ1v) is 8.59. The molecular weight excluding hydrogens is 298 g/mol. The standard InChI is InChI=1S/C17H21NO3S/c1-13-9-10-17(11-14(13)2)22(20,21)18(12-15(3)19)16-7-5-4-6-8-16/h4-11,15,19H,12H2,1-3H3. The van der Waals surface area contributed by atoms with Crippen molar-refractivity contribution in [1.29, 1.82) is 0 Å². The van der Waals surface area contributed by atoms with Crippen LogP contribution in [0.3, 0.4) is 0 Å². The van der Waals surface area contributed by atoms with Crippen molar-refractivity contribution in [2.45, 2.75) is 31.8 Å². The quantitative estimate of drug-likeness (QED) is 0.922. The Hall–Kier alpha value is -1.85. The molecule has 1 N–H and O–H groups in total. The van der Waals surface area contributed by atoms with E-state index in [1.165, 1.54) is 4.31 Å². The van der Waals surface area contributed by atoms with Crippen LogP contribution in [0.15, 0.2) is 53.4 Å². The Bertz CT molecular complexity index is 740. The van der Waals surface area contributed by atoms with Crippen molar-refractivity contribution in [2.75, 3.05) is 10.8 Å². The number of anilines is 1. The maximum Gasteiger partial charge on any atom is 0.264 e. The number of para-hydroxylation sites is 1. The van der Waals surface area contributed by atoms with Gasteiger partial charge in [-0.2, -0.15) is 0 Å². The summed E-state index contributed by atoms with van der Waals surface area (Å²) < 4.78 is 27.1. The normalized spacial score (nSPS) is 12.9. The van der Waals surface area contributed by atoms with Crippen LogP contribution in [0.5, 0.6) is 0 Å². The van der Waals surface area contributed by atoms with Crippen LogP contribution in [-0.4, -0.2) is 26.2 Å². The van der Waals surface area contributed by atoms with E-state index in [9.17, 15) is 13.5 Å². The van der Waals surface area contributed by atoms with E-state index >= 15 is 0 Å². The summed E-state index contributed by atoms with van der Waals surface area (Å²) in [6, 6.07) is 13.9. The molecule has 0 aliphatic rings. The van der Waals surface area contributed by atoms with E-state index in [-0.39, 0.29) is 11.4 Å². The minimum Gasteiger partial charge on any atom is -0.392 e. The van der Waals surface area contributed by atoms with Gasteiger partial charge in [0.25, 0.3) is 10.0 Å². The van der Waals surface area contributed by atoms with Gasteiger partial charge in [-0.3, -0.25) is 4.31 Å². The van der Waals surface area contributed by atoms with Gasteiger partial charge in [0.05, 0.1) is 23.2 Å². The first-order chi connectivity index (χ1) is 10.3. The lowest BCUT2D eigenvalue weighted by Gasteiger charge is -2.26. The lowest BCUT2D eigenvalue weighted by atomic mass is 10.1. The van der Waals surface area contributed by atoms with E-state index in [1.54, 1.807) is 49.4 Å². The van der Waals surface area contributed by atoms with Crippen LogP contribution in [0.2, 0.25) is 0 Å². The van der Waals surface area contributed by atoms with E-state index in [4.69, 9.17) is 0 Å². The third kappa shape index (κ3) is 3.48. The molecule has 0 radical (unpaired) electrons. The second-order valence-corrected chi connectivity index (χ2v) is 7.33. The summed E-state index contributed by atoms with van der Waals surface area (Å²) in [4.78, 5) is 0.236. The molecule has 118 valence electrons. The molecule has 0 saturated carbocycles. The highest BCUT2D eigenvalue weighted by Crippen LogP contribution is 2.25. The lowest BCUT2D eigenvalue weighted by Crippen LogP contribution is -2.36. The van der Waals surface area contributed by atoms with Crippen molar-refractivity contribution < 1.29 is 13.5 Å². The maximum absolute atomic E-state index is 12.9. The van der Waals surface area contributed by atoms with Crippen LogP contribution in [-0.2, 0) is 10.0 Å². The fraction of sp³-hybridized carbons (Fsp3) is 0.294. The van der Waals surface area contributed by atoms with E-state index in [0.29, 0.717) is 5.69 Å². The molecule has 0 aliphatic heterocycles. The first-order valence-electron chi connectivity index (χ1n) is 7.15. The zero-order valence-corrected chi connectivity index (χ0v) is 13.8. The molecule has 0 saturated heterocycles. The molecule has 1 unspecified atom stereocenters. The van der Waals surface area contributed by atoms with Crippen molar-refractivity contribution in [3.8, 4) is 0 Å². The summed E-state index contributed by atoms with van der Waals surface area (Å²) in [6.07, 6.45) is -0.762. The molecule has 2 rings (SSSR count). The number of hydrogen-bond donors (Lipinski definition) is 1. The number of aliphatic hydroxyl groups excluding tert-OH is 1. The van der Waals surface area contributed by atoms with Crippen molar-refractivity contribution in [3.63, 3.8) is 0 Å². The monoisotopic (exact) mass is 319 g/mol. The van der Waals surface area contributed by atoms with Gasteiger partial charge in [0, 0.05) is 0 Å². The predicted molar refractivity (Wildman–Crippen MR) is 88.6 cm³/mol. The number of sulfonamides is 1. The number of rotatable bonds is 5. The summed E-state index contributed by atoms with van der Waals surface area (Å²) in [7, 11) is -3.72. The smallest absolute Gasteiger partial charge is 0.264 e. The van der Waals surface area contributed by atoms with Gasteiger partial charge in [0.2, 0.25) is 0 Å². The average molecular weight is 319 g/mol. The van der Waals surface area contributed by atoms with Gasteiger partial charge in [-0.25, -0.2) is 8.42 Å². The van der Waals surface area contributed by atoms with Gasteiger partial charge in [-0.1, -0.05) is 24.3 Å². The highest BCUT2D eigenvalue weighted by molar-refractivity contribution is 7.92. The predicted octanol–water partition coefficient (Wildman–Crippen LogP) is 2.88. The van der Waals surface area contributed by atoms with E-state index < -0.39 is 16.1 Å². The Labute approximate surface area is 132 Å². The summed E-state index contributed by atoms with van der Waals surface area (Å²) >= 11 is 0. The Morgan fingerprint density at radius 3 is 2.23 bits per heavy atom. The number of aryl methyl sites for hydroxylation is 2. The maximum atomic E-state index is 12.9. The van der Waals surface area contributed by atoms with Crippen LogP contribution in [0, 0.1) is 13.8 Å². The molecule has 4 nitrogen and oxygen atoms in total. The SMILES string of the molecule is Cc1ccc(S(=O)(=O)N(CC(C)O)c2ccccc2)cc1C. The molecule has 0 aliphatic carbocycles. The minimum absolute atomic E-state index is 0.0132. The molecule has 1 atom stereocenters. The number of benzene rings is 2. The Balaban J connectivity index is 2.51. The van der Waals surface area contributed by atoms with Crippen molar-refractivity contribution >= 4 is 15.7 Å². The summed E-state index contributed by atoms with van der Waals surface area (Å²) in [6.45, 7) is 5.41. The Morgan fingerprint density at radius 1 is 1.05 bits per heavy atom. The van der Waals surface area contributed by atoms with Crippen molar-refractivity contribution in [3.05, 3.63) is 59.7 Å². The third-order valence-corrected chi connectivity index (χ3v) is 5.33. The number of hydrogen-bond acceptors (Lipinski definition) is 3. The molecule has 0 spiro atoms. The molecule has 2 aromatic rings. The topological polar surface area (TPSA) is 57.6 Å². The average Bonchev–Trinajstić information content (AvgIpc) is 2.48. The molecular formula is C17H21NO3S. The Morgan fingerprint density at radius 2 is 1.68 bits per heavy atom. The fourth-order valence-corrected chi connectivity index (χ4v) is 3.81. The summed E-state index contributed by atoms with van der Waals surface area (Å²) in [5, 5.41) is 9.69. The molecule has 0 aromatic heterocycles. The second kappa shape index (κ2) is 6.50. The third-order valence-electron chi connectivity index (χ3n) is 3.54. The van der Waals surface area contributed by atoms with Gasteiger partial charge >= 0.3 is 0 Å². The summed E-state index contributed by atoms with van der Waals surface area (Å²) in [5.74, 6) is 0. The molecule has 0 amide bonds. The highest BCUT2D eigenvalue weighted by atomic mass is 32.2. The molecule has 0 bridgehead atoms. The zero-order chi connectivity index (χ0) is 16.3. The molecule has 5 heteroatoms. The lowest BCUT2D eigenvalue weighted by molar-refractivity contribution is 0.204. The number of aliphatic hydroxyl groups is 1. The van der Waals surface area contributed by atoms with Gasteiger partial charge < -0.3 is 5.11 Å². The second-order valence-electron chi connectivity index (χ2n) is 5.47. The molecule has 22 heavy (non-hydrogen) atoms. The van der Waals surface area contributed by atoms with Crippen LogP contribution in [0.25, 0.3) is 0 Å². The summed E-state index contributed by atoms with van der Waals surface area (Å²) in [5.41, 5.74) is 2.51. The van der Waals surface area contributed by atoms with Crippen LogP contribution in [0.4, 0.5) is 5.69 Å². The highest BCUT2D eigenvalue weighted by Gasteiger charge is 2.26. The molecule has 0 heterocycles. The van der Waals surface area contributed by atoms with Crippen molar-refractivity contribution in [2.24, 2.45) is 0 Å².